The van der Waals surface area contributed by atoms with Gasteiger partial charge in [0.1, 0.15) is 6.23 Å². The average Bonchev–Trinajstić information content (AvgIpc) is 2.68. The van der Waals surface area contributed by atoms with Crippen LogP contribution in [0, 0.1) is 20.2 Å². The Balaban J connectivity index is 1.75. The van der Waals surface area contributed by atoms with Gasteiger partial charge in [0.15, 0.2) is 0 Å². The fourth-order valence-electron chi connectivity index (χ4n) is 3.12. The third-order valence-electron chi connectivity index (χ3n) is 4.56. The van der Waals surface area contributed by atoms with E-state index in [2.05, 4.69) is 5.32 Å². The van der Waals surface area contributed by atoms with Gasteiger partial charge in [-0.15, -0.1) is 0 Å². The van der Waals surface area contributed by atoms with Gasteiger partial charge in [0.2, 0.25) is 0 Å². The van der Waals surface area contributed by atoms with Gasteiger partial charge in [-0.1, -0.05) is 0 Å². The molecule has 1 saturated heterocycles. The van der Waals surface area contributed by atoms with Gasteiger partial charge in [-0.05, 0) is 49.6 Å². The van der Waals surface area contributed by atoms with Crippen LogP contribution in [0.4, 0.5) is 22.7 Å². The van der Waals surface area contributed by atoms with Crippen LogP contribution in [-0.2, 0) is 0 Å². The molecule has 146 valence electrons. The molecule has 0 aliphatic carbocycles. The highest BCUT2D eigenvalue weighted by Crippen LogP contribution is 2.30. The molecular weight excluding hydrogens is 368 g/mol. The smallest absolute Gasteiger partial charge is 0.348 e. The van der Waals surface area contributed by atoms with Crippen molar-refractivity contribution in [2.75, 3.05) is 16.8 Å². The molecule has 0 radical (unpaired) electrons. The Morgan fingerprint density at radius 2 is 1.71 bits per heavy atom. The molecule has 0 aromatic heterocycles. The van der Waals surface area contributed by atoms with Crippen LogP contribution in [-0.4, -0.2) is 33.6 Å². The molecule has 2 aromatic rings. The molecule has 3 rings (SSSR count). The monoisotopic (exact) mass is 386 g/mol. The number of aliphatic hydroxyl groups is 1. The summed E-state index contributed by atoms with van der Waals surface area (Å²) in [6.45, 7) is 0.735. The minimum Gasteiger partial charge on any atom is -0.374 e. The molecule has 0 spiro atoms. The van der Waals surface area contributed by atoms with E-state index in [-0.39, 0.29) is 5.69 Å². The lowest BCUT2D eigenvalue weighted by atomic mass is 10.1. The summed E-state index contributed by atoms with van der Waals surface area (Å²) >= 11 is 0. The molecule has 1 aliphatic heterocycles. The van der Waals surface area contributed by atoms with Gasteiger partial charge in [0.05, 0.1) is 9.85 Å². The highest BCUT2D eigenvalue weighted by Gasteiger charge is 2.25. The Bertz CT molecular complexity index is 915. The van der Waals surface area contributed by atoms with Gasteiger partial charge in [0, 0.05) is 35.6 Å². The zero-order valence-corrected chi connectivity index (χ0v) is 14.8. The molecule has 1 amide bonds. The Hall–Kier alpha value is -3.53. The molecule has 2 aromatic carbocycles. The van der Waals surface area contributed by atoms with Crippen molar-refractivity contribution in [3.05, 3.63) is 68.3 Å². The average molecular weight is 386 g/mol. The van der Waals surface area contributed by atoms with Crippen LogP contribution in [0.15, 0.2) is 42.5 Å². The van der Waals surface area contributed by atoms with E-state index in [0.717, 1.165) is 37.2 Å². The van der Waals surface area contributed by atoms with E-state index in [1.54, 1.807) is 24.3 Å². The lowest BCUT2D eigenvalue weighted by Crippen LogP contribution is -2.39. The fraction of sp³-hybridized carbons (Fsp3) is 0.278. The van der Waals surface area contributed by atoms with Crippen LogP contribution < -0.4 is 10.2 Å². The first kappa shape index (κ1) is 19.2. The number of piperidine rings is 1. The molecule has 1 fully saturated rings. The van der Waals surface area contributed by atoms with Crippen LogP contribution in [0.5, 0.6) is 0 Å². The number of carbonyl (C=O) groups is 1. The van der Waals surface area contributed by atoms with Crippen molar-refractivity contribution in [1.82, 2.24) is 0 Å². The van der Waals surface area contributed by atoms with Crippen molar-refractivity contribution in [2.24, 2.45) is 0 Å². The van der Waals surface area contributed by atoms with Crippen LogP contribution in [0.25, 0.3) is 0 Å². The number of rotatable bonds is 5. The summed E-state index contributed by atoms with van der Waals surface area (Å²) in [5, 5.41) is 34.4. The molecule has 28 heavy (non-hydrogen) atoms. The quantitative estimate of drug-likeness (QED) is 0.594. The maximum atomic E-state index is 12.4. The molecule has 1 atom stereocenters. The van der Waals surface area contributed by atoms with Crippen molar-refractivity contribution < 1.29 is 19.7 Å². The zero-order valence-electron chi connectivity index (χ0n) is 14.8. The SMILES string of the molecule is O=C(Nc1ccc([N+](=O)[O-])c([N+](=O)[O-])c1)c1ccc(N2CCCCC2O)cc1. The molecule has 0 bridgehead atoms. The first-order chi connectivity index (χ1) is 13.4. The molecular formula is C18H18N4O6. The number of nitro benzene ring substituents is 2. The van der Waals surface area contributed by atoms with Crippen molar-refractivity contribution in [3.8, 4) is 0 Å². The highest BCUT2D eigenvalue weighted by atomic mass is 16.6. The minimum atomic E-state index is -0.869. The van der Waals surface area contributed by atoms with Gasteiger partial charge < -0.3 is 15.3 Å². The Morgan fingerprint density at radius 1 is 1.04 bits per heavy atom. The third kappa shape index (κ3) is 4.07. The van der Waals surface area contributed by atoms with Gasteiger partial charge in [0.25, 0.3) is 5.91 Å². The van der Waals surface area contributed by atoms with Crippen molar-refractivity contribution in [3.63, 3.8) is 0 Å². The summed E-state index contributed by atoms with van der Waals surface area (Å²) in [7, 11) is 0. The summed E-state index contributed by atoms with van der Waals surface area (Å²) in [5.41, 5.74) is -0.145. The topological polar surface area (TPSA) is 139 Å². The van der Waals surface area contributed by atoms with Gasteiger partial charge >= 0.3 is 11.4 Å². The predicted molar refractivity (Wildman–Crippen MR) is 101 cm³/mol. The number of nitro groups is 2. The van der Waals surface area contributed by atoms with Gasteiger partial charge in [-0.25, -0.2) is 0 Å². The van der Waals surface area contributed by atoms with E-state index in [0.29, 0.717) is 12.0 Å². The fourth-order valence-corrected chi connectivity index (χ4v) is 3.12. The van der Waals surface area contributed by atoms with Crippen LogP contribution >= 0.6 is 0 Å². The maximum absolute atomic E-state index is 12.4. The number of nitrogens with zero attached hydrogens (tertiary/aromatic N) is 3. The van der Waals surface area contributed by atoms with Crippen molar-refractivity contribution in [1.29, 1.82) is 0 Å². The van der Waals surface area contributed by atoms with Crippen molar-refractivity contribution in [2.45, 2.75) is 25.5 Å². The maximum Gasteiger partial charge on any atom is 0.348 e. The minimum absolute atomic E-state index is 0.0813. The van der Waals surface area contributed by atoms with Crippen molar-refractivity contribution >= 4 is 28.7 Å². The highest BCUT2D eigenvalue weighted by molar-refractivity contribution is 6.04. The lowest BCUT2D eigenvalue weighted by Gasteiger charge is -2.34. The van der Waals surface area contributed by atoms with Crippen LogP contribution in [0.2, 0.25) is 0 Å². The zero-order chi connectivity index (χ0) is 20.3. The standard InChI is InChI=1S/C18H18N4O6/c23-17-3-1-2-10-20(17)14-7-4-12(5-8-14)18(24)19-13-6-9-15(21(25)26)16(11-13)22(27)28/h4-9,11,17,23H,1-3,10H2,(H,19,24). The summed E-state index contributed by atoms with van der Waals surface area (Å²) in [6, 6.07) is 9.80. The van der Waals surface area contributed by atoms with Crippen LogP contribution in [0.3, 0.4) is 0 Å². The Kier molecular flexibility index (Phi) is 5.50. The summed E-state index contributed by atoms with van der Waals surface area (Å²) in [5.74, 6) is -0.506. The number of hydrogen-bond acceptors (Lipinski definition) is 7. The molecule has 2 N–H and O–H groups in total. The molecule has 10 heteroatoms. The number of aliphatic hydroxyl groups excluding tert-OH is 1. The largest absolute Gasteiger partial charge is 0.374 e. The summed E-state index contributed by atoms with van der Waals surface area (Å²) in [6.07, 6.45) is 2.10. The second kappa shape index (κ2) is 8.01. The molecule has 1 heterocycles. The number of nitrogens with one attached hydrogen (secondary N) is 1. The molecule has 10 nitrogen and oxygen atoms in total. The van der Waals surface area contributed by atoms with Gasteiger partial charge in [-0.3, -0.25) is 25.0 Å². The predicted octanol–water partition coefficient (Wildman–Crippen LogP) is 3.06. The van der Waals surface area contributed by atoms with E-state index in [1.807, 2.05) is 4.90 Å². The lowest BCUT2D eigenvalue weighted by molar-refractivity contribution is -0.422. The Morgan fingerprint density at radius 3 is 2.32 bits per heavy atom. The Labute approximate surface area is 159 Å². The van der Waals surface area contributed by atoms with Gasteiger partial charge in [-0.2, -0.15) is 0 Å². The summed E-state index contributed by atoms with van der Waals surface area (Å²) in [4.78, 5) is 34.4. The molecule has 0 saturated carbocycles. The molecule has 1 unspecified atom stereocenters. The van der Waals surface area contributed by atoms with Crippen LogP contribution in [0.1, 0.15) is 29.6 Å². The summed E-state index contributed by atoms with van der Waals surface area (Å²) < 4.78 is 0. The second-order valence-electron chi connectivity index (χ2n) is 6.39. The third-order valence-corrected chi connectivity index (χ3v) is 4.56. The van der Waals surface area contributed by atoms with E-state index >= 15 is 0 Å². The first-order valence-electron chi connectivity index (χ1n) is 8.66. The van der Waals surface area contributed by atoms with E-state index in [9.17, 15) is 30.1 Å². The number of amides is 1. The van der Waals surface area contributed by atoms with E-state index < -0.39 is 33.4 Å². The first-order valence-corrected chi connectivity index (χ1v) is 8.66. The second-order valence-corrected chi connectivity index (χ2v) is 6.39. The number of anilines is 2. The van der Waals surface area contributed by atoms with E-state index in [1.165, 1.54) is 6.07 Å². The normalized spacial score (nSPS) is 16.5. The van der Waals surface area contributed by atoms with E-state index in [4.69, 9.17) is 0 Å². The number of benzene rings is 2. The number of hydrogen-bond donors (Lipinski definition) is 2. The molecule has 1 aliphatic rings. The number of carbonyl (C=O) groups excluding carboxylic acids is 1.